The summed E-state index contributed by atoms with van der Waals surface area (Å²) in [5.74, 6) is -1.94. The van der Waals surface area contributed by atoms with Crippen molar-refractivity contribution in [1.82, 2.24) is 9.62 Å². The number of fused-ring (bicyclic) bond motifs is 1. The summed E-state index contributed by atoms with van der Waals surface area (Å²) >= 11 is 6.01. The normalized spacial score (nSPS) is 13.9. The molecule has 158 valence electrons. The Morgan fingerprint density at radius 1 is 1.13 bits per heavy atom. The first-order chi connectivity index (χ1) is 14.2. The van der Waals surface area contributed by atoms with Crippen LogP contribution in [0.3, 0.4) is 0 Å². The lowest BCUT2D eigenvalue weighted by molar-refractivity contribution is -0.123. The minimum Gasteiger partial charge on any atom is -0.452 e. The first-order valence-corrected chi connectivity index (χ1v) is 10.6. The third kappa shape index (κ3) is 4.78. The van der Waals surface area contributed by atoms with E-state index in [0.717, 1.165) is 17.2 Å². The number of carbonyl (C=O) groups excluding carboxylic acids is 3. The molecule has 0 bridgehead atoms. The number of imide groups is 1. The Morgan fingerprint density at radius 3 is 2.53 bits per heavy atom. The summed E-state index contributed by atoms with van der Waals surface area (Å²) < 4.78 is 32.3. The summed E-state index contributed by atoms with van der Waals surface area (Å²) in [7, 11) is -3.90. The number of nitrogens with one attached hydrogen (secondary N) is 1. The van der Waals surface area contributed by atoms with E-state index in [2.05, 4.69) is 0 Å². The van der Waals surface area contributed by atoms with Crippen LogP contribution in [0.1, 0.15) is 21.5 Å². The van der Waals surface area contributed by atoms with Crippen molar-refractivity contribution in [3.8, 4) is 0 Å². The van der Waals surface area contributed by atoms with Gasteiger partial charge in [-0.1, -0.05) is 35.9 Å². The van der Waals surface area contributed by atoms with Crippen LogP contribution >= 0.6 is 11.6 Å². The molecule has 2 aromatic rings. The number of esters is 1. The van der Waals surface area contributed by atoms with Gasteiger partial charge in [-0.15, -0.1) is 0 Å². The van der Waals surface area contributed by atoms with E-state index in [4.69, 9.17) is 22.1 Å². The third-order valence-electron chi connectivity index (χ3n) is 4.49. The Kier molecular flexibility index (Phi) is 6.40. The van der Waals surface area contributed by atoms with Crippen LogP contribution in [0.2, 0.25) is 5.02 Å². The number of hydrogen-bond acceptors (Lipinski definition) is 6. The number of benzene rings is 2. The van der Waals surface area contributed by atoms with Crippen LogP contribution in [0.25, 0.3) is 0 Å². The lowest BCUT2D eigenvalue weighted by Gasteiger charge is -2.28. The lowest BCUT2D eigenvalue weighted by Crippen LogP contribution is -2.37. The van der Waals surface area contributed by atoms with Crippen molar-refractivity contribution in [2.24, 2.45) is 5.73 Å². The molecular formula is C19H18ClN3O6S. The maximum absolute atomic E-state index is 13.1. The number of primary amides is 1. The maximum atomic E-state index is 13.1. The van der Waals surface area contributed by atoms with Crippen LogP contribution in [0.4, 0.5) is 4.79 Å². The SMILES string of the molecule is NC(=O)NC(=O)COC(=O)c1cc(S(=O)(=O)N2CCc3ccccc3C2)ccc1Cl. The number of rotatable bonds is 5. The second-order valence-corrected chi connectivity index (χ2v) is 8.83. The molecule has 0 atom stereocenters. The van der Waals surface area contributed by atoms with Crippen molar-refractivity contribution < 1.29 is 27.5 Å². The fourth-order valence-corrected chi connectivity index (χ4v) is 4.67. The van der Waals surface area contributed by atoms with E-state index >= 15 is 0 Å². The number of hydrogen-bond donors (Lipinski definition) is 2. The molecule has 3 rings (SSSR count). The highest BCUT2D eigenvalue weighted by molar-refractivity contribution is 7.89. The molecule has 11 heteroatoms. The van der Waals surface area contributed by atoms with Crippen LogP contribution in [0.5, 0.6) is 0 Å². The molecule has 0 saturated carbocycles. The first-order valence-electron chi connectivity index (χ1n) is 8.81. The zero-order valence-corrected chi connectivity index (χ0v) is 17.2. The van der Waals surface area contributed by atoms with Crippen molar-refractivity contribution in [1.29, 1.82) is 0 Å². The highest BCUT2D eigenvalue weighted by Gasteiger charge is 2.29. The van der Waals surface area contributed by atoms with Gasteiger partial charge in [0.25, 0.3) is 5.91 Å². The van der Waals surface area contributed by atoms with Gasteiger partial charge in [-0.05, 0) is 35.7 Å². The molecule has 0 spiro atoms. The summed E-state index contributed by atoms with van der Waals surface area (Å²) in [6, 6.07) is 10.2. The number of urea groups is 1. The predicted molar refractivity (Wildman–Crippen MR) is 107 cm³/mol. The molecule has 1 aliphatic rings. The fraction of sp³-hybridized carbons (Fsp3) is 0.211. The predicted octanol–water partition coefficient (Wildman–Crippen LogP) is 1.44. The number of nitrogens with zero attached hydrogens (tertiary/aromatic N) is 1. The number of sulfonamides is 1. The Hall–Kier alpha value is -2.95. The summed E-state index contributed by atoms with van der Waals surface area (Å²) in [5, 5.41) is 1.69. The molecule has 0 fully saturated rings. The topological polar surface area (TPSA) is 136 Å². The minimum atomic E-state index is -3.90. The largest absolute Gasteiger partial charge is 0.452 e. The van der Waals surface area contributed by atoms with Crippen molar-refractivity contribution in [2.75, 3.05) is 13.2 Å². The smallest absolute Gasteiger partial charge is 0.340 e. The lowest BCUT2D eigenvalue weighted by atomic mass is 10.0. The van der Waals surface area contributed by atoms with Crippen molar-refractivity contribution in [3.05, 3.63) is 64.2 Å². The van der Waals surface area contributed by atoms with Gasteiger partial charge in [-0.25, -0.2) is 18.0 Å². The van der Waals surface area contributed by atoms with Gasteiger partial charge in [0, 0.05) is 13.1 Å². The van der Waals surface area contributed by atoms with Gasteiger partial charge in [0.05, 0.1) is 15.5 Å². The van der Waals surface area contributed by atoms with Gasteiger partial charge in [-0.2, -0.15) is 4.31 Å². The van der Waals surface area contributed by atoms with E-state index < -0.39 is 34.5 Å². The van der Waals surface area contributed by atoms with Crippen LogP contribution in [-0.4, -0.2) is 43.8 Å². The van der Waals surface area contributed by atoms with Crippen molar-refractivity contribution >= 4 is 39.5 Å². The fourth-order valence-electron chi connectivity index (χ4n) is 3.03. The summed E-state index contributed by atoms with van der Waals surface area (Å²) in [6.45, 7) is -0.263. The Bertz CT molecular complexity index is 1120. The van der Waals surface area contributed by atoms with Gasteiger partial charge >= 0.3 is 12.0 Å². The van der Waals surface area contributed by atoms with E-state index in [-0.39, 0.29) is 22.0 Å². The molecule has 9 nitrogen and oxygen atoms in total. The summed E-state index contributed by atoms with van der Waals surface area (Å²) in [5.41, 5.74) is 6.59. The van der Waals surface area contributed by atoms with Crippen LogP contribution in [0.15, 0.2) is 47.4 Å². The molecule has 0 unspecified atom stereocenters. The summed E-state index contributed by atoms with van der Waals surface area (Å²) in [6.07, 6.45) is 0.576. The van der Waals surface area contributed by atoms with Gasteiger partial charge in [0.1, 0.15) is 0 Å². The molecule has 0 radical (unpaired) electrons. The number of carbonyl (C=O) groups is 3. The van der Waals surface area contributed by atoms with E-state index in [1.165, 1.54) is 16.4 Å². The van der Waals surface area contributed by atoms with Crippen molar-refractivity contribution in [2.45, 2.75) is 17.9 Å². The summed E-state index contributed by atoms with van der Waals surface area (Å²) in [4.78, 5) is 34.1. The molecule has 0 aromatic heterocycles. The number of halogens is 1. The van der Waals surface area contributed by atoms with Gasteiger partial charge in [-0.3, -0.25) is 10.1 Å². The molecular weight excluding hydrogens is 434 g/mol. The Morgan fingerprint density at radius 2 is 1.83 bits per heavy atom. The van der Waals surface area contributed by atoms with Gasteiger partial charge < -0.3 is 10.5 Å². The van der Waals surface area contributed by atoms with E-state index in [1.807, 2.05) is 24.3 Å². The second kappa shape index (κ2) is 8.82. The molecule has 1 aliphatic heterocycles. The van der Waals surface area contributed by atoms with E-state index in [0.29, 0.717) is 13.0 Å². The number of nitrogens with two attached hydrogens (primary N) is 1. The standard InChI is InChI=1S/C19H18ClN3O6S/c20-16-6-5-14(9-15(16)18(25)29-11-17(24)22-19(21)26)30(27,28)23-8-7-12-3-1-2-4-13(12)10-23/h1-6,9H,7-8,10-11H2,(H3,21,22,24,26). The van der Waals surface area contributed by atoms with E-state index in [1.54, 1.807) is 5.32 Å². The van der Waals surface area contributed by atoms with Gasteiger partial charge in [0.2, 0.25) is 10.0 Å². The molecule has 1 heterocycles. The monoisotopic (exact) mass is 451 g/mol. The molecule has 0 aliphatic carbocycles. The maximum Gasteiger partial charge on any atom is 0.340 e. The first kappa shape index (κ1) is 21.8. The average Bonchev–Trinajstić information content (AvgIpc) is 2.71. The highest BCUT2D eigenvalue weighted by Crippen LogP contribution is 2.27. The van der Waals surface area contributed by atoms with Crippen LogP contribution < -0.4 is 11.1 Å². The number of ether oxygens (including phenoxy) is 1. The Labute approximate surface area is 177 Å². The molecule has 0 saturated heterocycles. The number of amides is 3. The molecule has 3 amide bonds. The van der Waals surface area contributed by atoms with Gasteiger partial charge in [0.15, 0.2) is 6.61 Å². The van der Waals surface area contributed by atoms with Crippen molar-refractivity contribution in [3.63, 3.8) is 0 Å². The highest BCUT2D eigenvalue weighted by atomic mass is 35.5. The minimum absolute atomic E-state index is 0.0433. The van der Waals surface area contributed by atoms with Crippen LogP contribution in [0, 0.1) is 0 Å². The van der Waals surface area contributed by atoms with E-state index in [9.17, 15) is 22.8 Å². The zero-order chi connectivity index (χ0) is 21.9. The molecule has 2 aromatic carbocycles. The third-order valence-corrected chi connectivity index (χ3v) is 6.66. The average molecular weight is 452 g/mol. The Balaban J connectivity index is 1.79. The zero-order valence-electron chi connectivity index (χ0n) is 15.6. The molecule has 30 heavy (non-hydrogen) atoms. The quantitative estimate of drug-likeness (QED) is 0.660. The van der Waals surface area contributed by atoms with Crippen LogP contribution in [-0.2, 0) is 32.5 Å². The second-order valence-electron chi connectivity index (χ2n) is 6.49. The molecule has 3 N–H and O–H groups in total.